The van der Waals surface area contributed by atoms with Gasteiger partial charge in [-0.3, -0.25) is 9.78 Å². The van der Waals surface area contributed by atoms with Gasteiger partial charge in [0, 0.05) is 24.9 Å². The molecule has 4 heteroatoms. The highest BCUT2D eigenvalue weighted by Crippen LogP contribution is 2.24. The molecule has 4 nitrogen and oxygen atoms in total. The van der Waals surface area contributed by atoms with E-state index in [-0.39, 0.29) is 12.0 Å². The van der Waals surface area contributed by atoms with E-state index >= 15 is 0 Å². The van der Waals surface area contributed by atoms with Crippen LogP contribution in [0.3, 0.4) is 0 Å². The van der Waals surface area contributed by atoms with Crippen LogP contribution >= 0.6 is 0 Å². The van der Waals surface area contributed by atoms with Gasteiger partial charge in [-0.1, -0.05) is 6.07 Å². The van der Waals surface area contributed by atoms with Crippen LogP contribution in [-0.4, -0.2) is 28.6 Å². The molecular formula is C14H20N2O2. The Balaban J connectivity index is 1.63. The molecule has 1 heterocycles. The van der Waals surface area contributed by atoms with Gasteiger partial charge < -0.3 is 10.4 Å². The Morgan fingerprint density at radius 3 is 3.00 bits per heavy atom. The van der Waals surface area contributed by atoms with Crippen molar-refractivity contribution < 1.29 is 9.90 Å². The van der Waals surface area contributed by atoms with Gasteiger partial charge in [0.2, 0.25) is 5.91 Å². The van der Waals surface area contributed by atoms with Crippen molar-refractivity contribution in [2.45, 2.75) is 38.2 Å². The van der Waals surface area contributed by atoms with Gasteiger partial charge in [-0.25, -0.2) is 0 Å². The standard InChI is InChI=1S/C14H20N2O2/c17-13-6-4-11(9-13)10-16-14(18)7-5-12-3-1-2-8-15-12/h1-3,8,11,13,17H,4-7,9-10H2,(H,16,18). The second-order valence-electron chi connectivity index (χ2n) is 4.96. The molecule has 1 amide bonds. The zero-order valence-electron chi connectivity index (χ0n) is 10.5. The van der Waals surface area contributed by atoms with Crippen molar-refractivity contribution in [1.82, 2.24) is 10.3 Å². The normalized spacial score (nSPS) is 22.9. The fourth-order valence-electron chi connectivity index (χ4n) is 2.37. The quantitative estimate of drug-likeness (QED) is 0.825. The summed E-state index contributed by atoms with van der Waals surface area (Å²) in [5.74, 6) is 0.515. The molecular weight excluding hydrogens is 228 g/mol. The number of aryl methyl sites for hydroxylation is 1. The average Bonchev–Trinajstić information content (AvgIpc) is 2.81. The van der Waals surface area contributed by atoms with Crippen LogP contribution in [0.25, 0.3) is 0 Å². The van der Waals surface area contributed by atoms with Crippen LogP contribution in [-0.2, 0) is 11.2 Å². The summed E-state index contributed by atoms with van der Waals surface area (Å²) in [5, 5.41) is 12.3. The largest absolute Gasteiger partial charge is 0.393 e. The van der Waals surface area contributed by atoms with E-state index in [1.54, 1.807) is 6.20 Å². The lowest BCUT2D eigenvalue weighted by Gasteiger charge is -2.10. The third-order valence-corrected chi connectivity index (χ3v) is 3.44. The topological polar surface area (TPSA) is 62.2 Å². The summed E-state index contributed by atoms with van der Waals surface area (Å²) in [6, 6.07) is 5.73. The maximum atomic E-state index is 11.7. The third kappa shape index (κ3) is 4.11. The van der Waals surface area contributed by atoms with Gasteiger partial charge in [0.05, 0.1) is 6.10 Å². The summed E-state index contributed by atoms with van der Waals surface area (Å²) in [4.78, 5) is 15.8. The van der Waals surface area contributed by atoms with Gasteiger partial charge in [0.15, 0.2) is 0 Å². The molecule has 0 aliphatic heterocycles. The zero-order chi connectivity index (χ0) is 12.8. The zero-order valence-corrected chi connectivity index (χ0v) is 10.5. The van der Waals surface area contributed by atoms with Crippen molar-refractivity contribution >= 4 is 5.91 Å². The number of nitrogens with zero attached hydrogens (tertiary/aromatic N) is 1. The van der Waals surface area contributed by atoms with E-state index in [4.69, 9.17) is 0 Å². The highest BCUT2D eigenvalue weighted by atomic mass is 16.3. The maximum Gasteiger partial charge on any atom is 0.220 e. The molecule has 0 saturated heterocycles. The van der Waals surface area contributed by atoms with Gasteiger partial charge in [-0.05, 0) is 43.7 Å². The number of nitrogens with one attached hydrogen (secondary N) is 1. The van der Waals surface area contributed by atoms with Crippen molar-refractivity contribution in [2.75, 3.05) is 6.54 Å². The van der Waals surface area contributed by atoms with Crippen LogP contribution in [0.5, 0.6) is 0 Å². The van der Waals surface area contributed by atoms with Crippen molar-refractivity contribution in [1.29, 1.82) is 0 Å². The second kappa shape index (κ2) is 6.50. The molecule has 0 spiro atoms. The Hall–Kier alpha value is -1.42. The number of aliphatic hydroxyl groups excluding tert-OH is 1. The van der Waals surface area contributed by atoms with Gasteiger partial charge >= 0.3 is 0 Å². The molecule has 1 saturated carbocycles. The monoisotopic (exact) mass is 248 g/mol. The molecule has 0 bridgehead atoms. The van der Waals surface area contributed by atoms with E-state index < -0.39 is 0 Å². The number of hydrogen-bond acceptors (Lipinski definition) is 3. The lowest BCUT2D eigenvalue weighted by atomic mass is 10.1. The molecule has 1 aromatic rings. The van der Waals surface area contributed by atoms with Crippen molar-refractivity contribution in [2.24, 2.45) is 5.92 Å². The molecule has 2 N–H and O–H groups in total. The Morgan fingerprint density at radius 1 is 1.44 bits per heavy atom. The maximum absolute atomic E-state index is 11.7. The Labute approximate surface area is 107 Å². The minimum Gasteiger partial charge on any atom is -0.393 e. The number of amides is 1. The molecule has 98 valence electrons. The van der Waals surface area contributed by atoms with Gasteiger partial charge in [0.25, 0.3) is 0 Å². The van der Waals surface area contributed by atoms with E-state index in [0.717, 1.165) is 25.0 Å². The molecule has 1 aliphatic rings. The molecule has 1 fully saturated rings. The van der Waals surface area contributed by atoms with Crippen molar-refractivity contribution in [3.63, 3.8) is 0 Å². The van der Waals surface area contributed by atoms with Crippen molar-refractivity contribution in [3.8, 4) is 0 Å². The van der Waals surface area contributed by atoms with Crippen LogP contribution in [0.2, 0.25) is 0 Å². The number of carbonyl (C=O) groups is 1. The second-order valence-corrected chi connectivity index (χ2v) is 4.96. The van der Waals surface area contributed by atoms with E-state index in [1.807, 2.05) is 18.2 Å². The van der Waals surface area contributed by atoms with Crippen LogP contribution in [0.4, 0.5) is 0 Å². The minimum atomic E-state index is -0.166. The SMILES string of the molecule is O=C(CCc1ccccn1)NCC1CCC(O)C1. The Morgan fingerprint density at radius 2 is 2.33 bits per heavy atom. The number of rotatable bonds is 5. The first-order chi connectivity index (χ1) is 8.74. The summed E-state index contributed by atoms with van der Waals surface area (Å²) >= 11 is 0. The number of carbonyl (C=O) groups excluding carboxylic acids is 1. The molecule has 1 aliphatic carbocycles. The molecule has 2 rings (SSSR count). The van der Waals surface area contributed by atoms with E-state index in [0.29, 0.717) is 25.3 Å². The fourth-order valence-corrected chi connectivity index (χ4v) is 2.37. The summed E-state index contributed by atoms with van der Waals surface area (Å²) in [6.45, 7) is 0.693. The first-order valence-electron chi connectivity index (χ1n) is 6.58. The average molecular weight is 248 g/mol. The summed E-state index contributed by atoms with van der Waals surface area (Å²) < 4.78 is 0. The van der Waals surface area contributed by atoms with Crippen LogP contribution < -0.4 is 5.32 Å². The van der Waals surface area contributed by atoms with Crippen molar-refractivity contribution in [3.05, 3.63) is 30.1 Å². The van der Waals surface area contributed by atoms with Crippen LogP contribution in [0, 0.1) is 5.92 Å². The molecule has 18 heavy (non-hydrogen) atoms. The van der Waals surface area contributed by atoms with Crippen LogP contribution in [0.1, 0.15) is 31.4 Å². The smallest absolute Gasteiger partial charge is 0.220 e. The van der Waals surface area contributed by atoms with Gasteiger partial charge in [-0.2, -0.15) is 0 Å². The first kappa shape index (κ1) is 13.0. The number of hydrogen-bond donors (Lipinski definition) is 2. The van der Waals surface area contributed by atoms with Gasteiger partial charge in [-0.15, -0.1) is 0 Å². The number of aromatic nitrogens is 1. The van der Waals surface area contributed by atoms with Gasteiger partial charge in [0.1, 0.15) is 0 Å². The Kier molecular flexibility index (Phi) is 4.70. The fraction of sp³-hybridized carbons (Fsp3) is 0.571. The molecule has 0 aromatic carbocycles. The van der Waals surface area contributed by atoms with E-state index in [1.165, 1.54) is 0 Å². The number of pyridine rings is 1. The minimum absolute atomic E-state index is 0.0713. The highest BCUT2D eigenvalue weighted by Gasteiger charge is 2.22. The van der Waals surface area contributed by atoms with E-state index in [9.17, 15) is 9.90 Å². The Bertz CT molecular complexity index is 381. The number of aliphatic hydroxyl groups is 1. The summed E-state index contributed by atoms with van der Waals surface area (Å²) in [7, 11) is 0. The predicted octanol–water partition coefficient (Wildman–Crippen LogP) is 1.29. The first-order valence-corrected chi connectivity index (χ1v) is 6.58. The predicted molar refractivity (Wildman–Crippen MR) is 68.9 cm³/mol. The highest BCUT2D eigenvalue weighted by molar-refractivity contribution is 5.76. The summed E-state index contributed by atoms with van der Waals surface area (Å²) in [6.07, 6.45) is 5.44. The summed E-state index contributed by atoms with van der Waals surface area (Å²) in [5.41, 5.74) is 0.948. The lowest BCUT2D eigenvalue weighted by Crippen LogP contribution is -2.28. The molecule has 2 atom stereocenters. The lowest BCUT2D eigenvalue weighted by molar-refractivity contribution is -0.121. The molecule has 2 unspecified atom stereocenters. The van der Waals surface area contributed by atoms with Crippen LogP contribution in [0.15, 0.2) is 24.4 Å². The van der Waals surface area contributed by atoms with E-state index in [2.05, 4.69) is 10.3 Å². The molecule has 1 aromatic heterocycles. The third-order valence-electron chi connectivity index (χ3n) is 3.44. The molecule has 0 radical (unpaired) electrons.